The van der Waals surface area contributed by atoms with Crippen LogP contribution in [0.3, 0.4) is 0 Å². The number of ether oxygens (including phenoxy) is 1. The van der Waals surface area contributed by atoms with Gasteiger partial charge in [0.05, 0.1) is 24.7 Å². The number of hydrogen-bond acceptors (Lipinski definition) is 4. The van der Waals surface area contributed by atoms with E-state index >= 15 is 0 Å². The SMILES string of the molecule is COc1cccc(N(C(C)C(=O)Nc2ccc(F)cc2F)S(C)(=O)=O)c1. The van der Waals surface area contributed by atoms with E-state index in [4.69, 9.17) is 4.74 Å². The first-order chi connectivity index (χ1) is 12.1. The highest BCUT2D eigenvalue weighted by Crippen LogP contribution is 2.26. The van der Waals surface area contributed by atoms with Crippen LogP contribution in [0, 0.1) is 11.6 Å². The highest BCUT2D eigenvalue weighted by Gasteiger charge is 2.29. The predicted octanol–water partition coefficient (Wildman–Crippen LogP) is 2.77. The lowest BCUT2D eigenvalue weighted by molar-refractivity contribution is -0.116. The van der Waals surface area contributed by atoms with Crippen molar-refractivity contribution < 1.29 is 26.7 Å². The van der Waals surface area contributed by atoms with Crippen molar-refractivity contribution >= 4 is 27.3 Å². The van der Waals surface area contributed by atoms with E-state index in [-0.39, 0.29) is 11.4 Å². The van der Waals surface area contributed by atoms with Gasteiger partial charge in [0.25, 0.3) is 0 Å². The first-order valence-electron chi connectivity index (χ1n) is 7.53. The quantitative estimate of drug-likeness (QED) is 0.831. The second-order valence-electron chi connectivity index (χ2n) is 5.55. The number of halogens is 2. The van der Waals surface area contributed by atoms with Gasteiger partial charge >= 0.3 is 0 Å². The van der Waals surface area contributed by atoms with Gasteiger partial charge in [0, 0.05) is 12.1 Å². The largest absolute Gasteiger partial charge is 0.497 e. The molecule has 2 aromatic carbocycles. The van der Waals surface area contributed by atoms with Crippen molar-refractivity contribution in [2.75, 3.05) is 23.0 Å². The van der Waals surface area contributed by atoms with Gasteiger partial charge in [0.15, 0.2) is 0 Å². The molecule has 0 fully saturated rings. The first kappa shape index (κ1) is 19.6. The summed E-state index contributed by atoms with van der Waals surface area (Å²) in [5.74, 6) is -2.11. The van der Waals surface area contributed by atoms with E-state index in [1.807, 2.05) is 0 Å². The van der Waals surface area contributed by atoms with Gasteiger partial charge < -0.3 is 10.1 Å². The second kappa shape index (κ2) is 7.69. The third-order valence-electron chi connectivity index (χ3n) is 3.59. The minimum absolute atomic E-state index is 0.217. The molecule has 1 amide bonds. The zero-order valence-electron chi connectivity index (χ0n) is 14.4. The monoisotopic (exact) mass is 384 g/mol. The summed E-state index contributed by atoms with van der Waals surface area (Å²) in [6.07, 6.45) is 0.953. The van der Waals surface area contributed by atoms with Crippen molar-refractivity contribution in [2.24, 2.45) is 0 Å². The maximum absolute atomic E-state index is 13.7. The lowest BCUT2D eigenvalue weighted by atomic mass is 10.2. The van der Waals surface area contributed by atoms with E-state index in [9.17, 15) is 22.0 Å². The maximum Gasteiger partial charge on any atom is 0.248 e. The molecule has 0 saturated heterocycles. The fraction of sp³-hybridized carbons (Fsp3) is 0.235. The zero-order chi connectivity index (χ0) is 19.5. The van der Waals surface area contributed by atoms with E-state index in [0.29, 0.717) is 11.8 Å². The smallest absolute Gasteiger partial charge is 0.248 e. The van der Waals surface area contributed by atoms with Gasteiger partial charge in [0.2, 0.25) is 15.9 Å². The normalized spacial score (nSPS) is 12.3. The van der Waals surface area contributed by atoms with E-state index in [1.54, 1.807) is 12.1 Å². The number of anilines is 2. The van der Waals surface area contributed by atoms with Crippen LogP contribution in [0.2, 0.25) is 0 Å². The van der Waals surface area contributed by atoms with E-state index in [1.165, 1.54) is 26.2 Å². The van der Waals surface area contributed by atoms with Crippen LogP contribution in [0.1, 0.15) is 6.92 Å². The van der Waals surface area contributed by atoms with Gasteiger partial charge in [0.1, 0.15) is 23.4 Å². The predicted molar refractivity (Wildman–Crippen MR) is 94.8 cm³/mol. The highest BCUT2D eigenvalue weighted by atomic mass is 32.2. The maximum atomic E-state index is 13.7. The summed E-state index contributed by atoms with van der Waals surface area (Å²) in [7, 11) is -2.41. The molecule has 1 unspecified atom stereocenters. The molecule has 6 nitrogen and oxygen atoms in total. The summed E-state index contributed by atoms with van der Waals surface area (Å²) in [5.41, 5.74) is -0.0311. The molecule has 26 heavy (non-hydrogen) atoms. The van der Waals surface area contributed by atoms with Gasteiger partial charge in [-0.25, -0.2) is 17.2 Å². The Bertz CT molecular complexity index is 919. The van der Waals surface area contributed by atoms with Crippen molar-refractivity contribution in [2.45, 2.75) is 13.0 Å². The Labute approximate surface area is 150 Å². The van der Waals surface area contributed by atoms with Crippen LogP contribution < -0.4 is 14.4 Å². The Morgan fingerprint density at radius 2 is 1.88 bits per heavy atom. The number of methoxy groups -OCH3 is 1. The molecule has 0 heterocycles. The zero-order valence-corrected chi connectivity index (χ0v) is 15.2. The third kappa shape index (κ3) is 4.48. The van der Waals surface area contributed by atoms with E-state index < -0.39 is 33.6 Å². The molecule has 1 N–H and O–H groups in total. The average Bonchev–Trinajstić information content (AvgIpc) is 2.56. The van der Waals surface area contributed by atoms with Crippen LogP contribution in [-0.4, -0.2) is 33.7 Å². The van der Waals surface area contributed by atoms with Crippen molar-refractivity contribution in [1.82, 2.24) is 0 Å². The molecule has 2 aromatic rings. The summed E-state index contributed by atoms with van der Waals surface area (Å²) >= 11 is 0. The van der Waals surface area contributed by atoms with Gasteiger partial charge in [-0.3, -0.25) is 9.10 Å². The number of carbonyl (C=O) groups excluding carboxylic acids is 1. The number of carbonyl (C=O) groups is 1. The van der Waals surface area contributed by atoms with Gasteiger partial charge in [-0.2, -0.15) is 0 Å². The molecular weight excluding hydrogens is 366 g/mol. The Hall–Kier alpha value is -2.68. The summed E-state index contributed by atoms with van der Waals surface area (Å²) < 4.78 is 57.1. The van der Waals surface area contributed by atoms with Crippen LogP contribution in [-0.2, 0) is 14.8 Å². The molecule has 0 saturated carbocycles. The standard InChI is InChI=1S/C17H18F2N2O4S/c1-11(17(22)20-16-8-7-12(18)9-15(16)19)21(26(3,23)24)13-5-4-6-14(10-13)25-2/h4-11H,1-3H3,(H,20,22). The van der Waals surface area contributed by atoms with E-state index in [0.717, 1.165) is 22.7 Å². The molecule has 0 aliphatic carbocycles. The summed E-state index contributed by atoms with van der Waals surface area (Å²) in [6.45, 7) is 1.36. The van der Waals surface area contributed by atoms with Crippen LogP contribution in [0.25, 0.3) is 0 Å². The molecule has 9 heteroatoms. The third-order valence-corrected chi connectivity index (χ3v) is 4.83. The molecule has 0 bridgehead atoms. The number of sulfonamides is 1. The molecule has 140 valence electrons. The Morgan fingerprint density at radius 1 is 1.19 bits per heavy atom. The first-order valence-corrected chi connectivity index (χ1v) is 9.37. The molecule has 1 atom stereocenters. The molecule has 2 rings (SSSR count). The molecule has 0 aliphatic rings. The van der Waals surface area contributed by atoms with Crippen LogP contribution in [0.5, 0.6) is 5.75 Å². The molecule has 0 aliphatic heterocycles. The molecular formula is C17H18F2N2O4S. The average molecular weight is 384 g/mol. The molecule has 0 radical (unpaired) electrons. The van der Waals surface area contributed by atoms with Crippen LogP contribution >= 0.6 is 0 Å². The van der Waals surface area contributed by atoms with Crippen molar-refractivity contribution in [3.63, 3.8) is 0 Å². The fourth-order valence-electron chi connectivity index (χ4n) is 2.38. The number of nitrogens with zero attached hydrogens (tertiary/aromatic N) is 1. The lowest BCUT2D eigenvalue weighted by Crippen LogP contribution is -2.45. The highest BCUT2D eigenvalue weighted by molar-refractivity contribution is 7.92. The van der Waals surface area contributed by atoms with Crippen molar-refractivity contribution in [3.05, 3.63) is 54.1 Å². The number of hydrogen-bond donors (Lipinski definition) is 1. The summed E-state index contributed by atoms with van der Waals surface area (Å²) in [6, 6.07) is 7.65. The number of nitrogens with one attached hydrogen (secondary N) is 1. The van der Waals surface area contributed by atoms with Gasteiger partial charge in [-0.05, 0) is 31.2 Å². The Kier molecular flexibility index (Phi) is 5.81. The van der Waals surface area contributed by atoms with E-state index in [2.05, 4.69) is 5.32 Å². The Morgan fingerprint density at radius 3 is 2.46 bits per heavy atom. The topological polar surface area (TPSA) is 75.7 Å². The van der Waals surface area contributed by atoms with Crippen molar-refractivity contribution in [1.29, 1.82) is 0 Å². The Balaban J connectivity index is 2.34. The van der Waals surface area contributed by atoms with Crippen LogP contribution in [0.15, 0.2) is 42.5 Å². The number of benzene rings is 2. The van der Waals surface area contributed by atoms with Gasteiger partial charge in [-0.15, -0.1) is 0 Å². The van der Waals surface area contributed by atoms with Gasteiger partial charge in [-0.1, -0.05) is 6.07 Å². The lowest BCUT2D eigenvalue weighted by Gasteiger charge is -2.28. The molecule has 0 aromatic heterocycles. The minimum atomic E-state index is -3.83. The second-order valence-corrected chi connectivity index (χ2v) is 7.41. The summed E-state index contributed by atoms with van der Waals surface area (Å²) in [4.78, 5) is 12.5. The van der Waals surface area contributed by atoms with Crippen molar-refractivity contribution in [3.8, 4) is 5.75 Å². The number of rotatable bonds is 6. The van der Waals surface area contributed by atoms with Crippen LogP contribution in [0.4, 0.5) is 20.2 Å². The fourth-order valence-corrected chi connectivity index (χ4v) is 3.55. The minimum Gasteiger partial charge on any atom is -0.497 e. The number of amides is 1. The molecule has 0 spiro atoms. The summed E-state index contributed by atoms with van der Waals surface area (Å²) in [5, 5.41) is 2.27.